The molecule has 2 heterocycles. The first-order valence-electron chi connectivity index (χ1n) is 7.05. The van der Waals surface area contributed by atoms with Gasteiger partial charge in [-0.05, 0) is 18.2 Å². The highest BCUT2D eigenvalue weighted by Crippen LogP contribution is 2.45. The van der Waals surface area contributed by atoms with Crippen LogP contribution in [0.3, 0.4) is 0 Å². The molecule has 0 saturated heterocycles. The molecule has 4 rings (SSSR count). The summed E-state index contributed by atoms with van der Waals surface area (Å²) in [4.78, 5) is 23.2. The van der Waals surface area contributed by atoms with Crippen molar-refractivity contribution in [2.24, 2.45) is 0 Å². The van der Waals surface area contributed by atoms with E-state index in [-0.39, 0.29) is 11.3 Å². The van der Waals surface area contributed by atoms with Crippen molar-refractivity contribution >= 4 is 29.1 Å². The number of carbonyl (C=O) groups is 2. The second-order valence-electron chi connectivity index (χ2n) is 5.27. The number of carbonyl (C=O) groups excluding carboxylic acids is 1. The minimum absolute atomic E-state index is 0.208. The second kappa shape index (κ2) is 5.09. The highest BCUT2D eigenvalue weighted by molar-refractivity contribution is 6.36. The summed E-state index contributed by atoms with van der Waals surface area (Å²) in [6.45, 7) is 0. The predicted molar refractivity (Wildman–Crippen MR) is 81.2 cm³/mol. The molecule has 0 aliphatic carbocycles. The lowest BCUT2D eigenvalue weighted by atomic mass is 10.0. The molecule has 2 aliphatic rings. The Kier molecular flexibility index (Phi) is 3.02. The van der Waals surface area contributed by atoms with Gasteiger partial charge in [-0.2, -0.15) is 0 Å². The molecular formula is C17H10FNO5. The molecule has 0 radical (unpaired) electrons. The van der Waals surface area contributed by atoms with Gasteiger partial charge in [-0.3, -0.25) is 4.79 Å². The van der Waals surface area contributed by atoms with Gasteiger partial charge in [0.15, 0.2) is 0 Å². The number of benzene rings is 2. The van der Waals surface area contributed by atoms with E-state index in [1.54, 1.807) is 24.3 Å². The van der Waals surface area contributed by atoms with Crippen LogP contribution in [0.15, 0.2) is 42.5 Å². The smallest absolute Gasteiger partial charge is 0.450 e. The Balaban J connectivity index is 1.90. The summed E-state index contributed by atoms with van der Waals surface area (Å²) in [6, 6.07) is 10.8. The first-order valence-corrected chi connectivity index (χ1v) is 7.05. The van der Waals surface area contributed by atoms with Gasteiger partial charge in [0.2, 0.25) is 0 Å². The molecule has 2 aliphatic heterocycles. The van der Waals surface area contributed by atoms with Crippen LogP contribution in [0.2, 0.25) is 0 Å². The van der Waals surface area contributed by atoms with Gasteiger partial charge in [0.25, 0.3) is 12.2 Å². The first kappa shape index (κ1) is 14.3. The molecule has 2 aromatic carbocycles. The van der Waals surface area contributed by atoms with Crippen LogP contribution in [0.1, 0.15) is 23.0 Å². The van der Waals surface area contributed by atoms with Crippen LogP contribution < -0.4 is 5.32 Å². The molecule has 120 valence electrons. The Hall–Kier alpha value is -3.35. The lowest BCUT2D eigenvalue weighted by Crippen LogP contribution is -2.08. The summed E-state index contributed by atoms with van der Waals surface area (Å²) in [6.07, 6.45) is -2.64. The topological polar surface area (TPSA) is 84.9 Å². The molecular weight excluding hydrogens is 317 g/mol. The van der Waals surface area contributed by atoms with Crippen molar-refractivity contribution in [1.29, 1.82) is 0 Å². The normalized spacial score (nSPS) is 20.9. The number of hydrogen-bond acceptors (Lipinski definition) is 4. The minimum atomic E-state index is -1.49. The summed E-state index contributed by atoms with van der Waals surface area (Å²) in [5.74, 6) is -0.712. The number of fused-ring (bicyclic) bond motifs is 2. The third kappa shape index (κ3) is 2.10. The molecule has 6 nitrogen and oxygen atoms in total. The Morgan fingerprint density at radius 3 is 2.79 bits per heavy atom. The molecule has 7 heteroatoms. The van der Waals surface area contributed by atoms with Gasteiger partial charge in [-0.1, -0.05) is 24.3 Å². The first-order chi connectivity index (χ1) is 11.5. The molecule has 0 aromatic heterocycles. The summed E-state index contributed by atoms with van der Waals surface area (Å²) in [5.41, 5.74) is 2.11. The SMILES string of the molecule is O=C(O)OC1OC(=C2C(=O)Nc3cc(F)ccc32)c2ccccc21. The maximum absolute atomic E-state index is 13.4. The van der Waals surface area contributed by atoms with Crippen molar-refractivity contribution in [3.63, 3.8) is 0 Å². The van der Waals surface area contributed by atoms with Gasteiger partial charge in [0.1, 0.15) is 11.6 Å². The molecule has 1 atom stereocenters. The molecule has 1 amide bonds. The van der Waals surface area contributed by atoms with E-state index in [9.17, 15) is 14.0 Å². The quantitative estimate of drug-likeness (QED) is 0.619. The monoisotopic (exact) mass is 327 g/mol. The molecule has 2 aromatic rings. The number of carboxylic acid groups (broad SMARTS) is 1. The zero-order valence-electron chi connectivity index (χ0n) is 12.1. The molecule has 0 bridgehead atoms. The van der Waals surface area contributed by atoms with Gasteiger partial charge < -0.3 is 19.9 Å². The highest BCUT2D eigenvalue weighted by atomic mass is 19.1. The standard InChI is InChI=1S/C17H10FNO5/c18-8-5-6-11-12(7-8)19-15(20)13(11)14-9-3-1-2-4-10(9)16(23-14)24-17(21)22/h1-7,16H,(H,19,20)(H,21,22). The number of halogens is 1. The van der Waals surface area contributed by atoms with E-state index in [4.69, 9.17) is 14.6 Å². The van der Waals surface area contributed by atoms with Crippen molar-refractivity contribution in [3.05, 3.63) is 65.0 Å². The predicted octanol–water partition coefficient (Wildman–Crippen LogP) is 3.37. The van der Waals surface area contributed by atoms with Crippen molar-refractivity contribution in [1.82, 2.24) is 0 Å². The van der Waals surface area contributed by atoms with Crippen molar-refractivity contribution in [2.45, 2.75) is 6.29 Å². The van der Waals surface area contributed by atoms with E-state index < -0.39 is 24.2 Å². The third-order valence-corrected chi connectivity index (χ3v) is 3.85. The lowest BCUT2D eigenvalue weighted by Gasteiger charge is -2.11. The Morgan fingerprint density at radius 2 is 2.00 bits per heavy atom. The van der Waals surface area contributed by atoms with Crippen LogP contribution in [0.4, 0.5) is 14.9 Å². The van der Waals surface area contributed by atoms with Gasteiger partial charge >= 0.3 is 6.16 Å². The summed E-state index contributed by atoms with van der Waals surface area (Å²) in [7, 11) is 0. The van der Waals surface area contributed by atoms with E-state index in [2.05, 4.69) is 5.32 Å². The fourth-order valence-electron chi connectivity index (χ4n) is 2.89. The largest absolute Gasteiger partial charge is 0.509 e. The van der Waals surface area contributed by atoms with Gasteiger partial charge in [0.05, 0.1) is 11.3 Å². The van der Waals surface area contributed by atoms with E-state index in [1.165, 1.54) is 18.2 Å². The van der Waals surface area contributed by atoms with Crippen molar-refractivity contribution < 1.29 is 28.6 Å². The number of anilines is 1. The number of amides is 1. The van der Waals surface area contributed by atoms with Crippen molar-refractivity contribution in [2.75, 3.05) is 5.32 Å². The second-order valence-corrected chi connectivity index (χ2v) is 5.27. The molecule has 0 saturated carbocycles. The summed E-state index contributed by atoms with van der Waals surface area (Å²) < 4.78 is 23.7. The zero-order chi connectivity index (χ0) is 16.8. The van der Waals surface area contributed by atoms with Gasteiger partial charge in [-0.15, -0.1) is 0 Å². The lowest BCUT2D eigenvalue weighted by molar-refractivity contribution is -0.110. The van der Waals surface area contributed by atoms with Crippen LogP contribution in [0.5, 0.6) is 0 Å². The molecule has 0 spiro atoms. The number of hydrogen-bond donors (Lipinski definition) is 2. The minimum Gasteiger partial charge on any atom is -0.450 e. The van der Waals surface area contributed by atoms with Crippen LogP contribution >= 0.6 is 0 Å². The third-order valence-electron chi connectivity index (χ3n) is 3.85. The average molecular weight is 327 g/mol. The van der Waals surface area contributed by atoms with E-state index in [1.807, 2.05) is 0 Å². The van der Waals surface area contributed by atoms with Crippen molar-refractivity contribution in [3.8, 4) is 0 Å². The van der Waals surface area contributed by atoms with Crippen LogP contribution in [-0.2, 0) is 14.3 Å². The number of rotatable bonds is 1. The summed E-state index contributed by atoms with van der Waals surface area (Å²) >= 11 is 0. The Labute approximate surface area is 135 Å². The van der Waals surface area contributed by atoms with Crippen LogP contribution in [-0.4, -0.2) is 17.2 Å². The maximum atomic E-state index is 13.4. The number of ether oxygens (including phenoxy) is 2. The highest BCUT2D eigenvalue weighted by Gasteiger charge is 2.37. The van der Waals surface area contributed by atoms with E-state index in [0.717, 1.165) is 0 Å². The van der Waals surface area contributed by atoms with Crippen LogP contribution in [0, 0.1) is 5.82 Å². The zero-order valence-corrected chi connectivity index (χ0v) is 12.1. The Morgan fingerprint density at radius 1 is 1.21 bits per heavy atom. The fraction of sp³-hybridized carbons (Fsp3) is 0.0588. The maximum Gasteiger partial charge on any atom is 0.509 e. The number of nitrogens with one attached hydrogen (secondary N) is 1. The molecule has 1 unspecified atom stereocenters. The average Bonchev–Trinajstić information content (AvgIpc) is 3.04. The van der Waals surface area contributed by atoms with Gasteiger partial charge in [0, 0.05) is 16.7 Å². The summed E-state index contributed by atoms with van der Waals surface area (Å²) in [5, 5.41) is 11.4. The van der Waals surface area contributed by atoms with E-state index in [0.29, 0.717) is 22.4 Å². The van der Waals surface area contributed by atoms with E-state index >= 15 is 0 Å². The Bertz CT molecular complexity index is 921. The molecule has 0 fully saturated rings. The fourth-order valence-corrected chi connectivity index (χ4v) is 2.89. The van der Waals surface area contributed by atoms with Gasteiger partial charge in [-0.25, -0.2) is 9.18 Å². The molecule has 2 N–H and O–H groups in total. The molecule has 24 heavy (non-hydrogen) atoms. The van der Waals surface area contributed by atoms with Crippen LogP contribution in [0.25, 0.3) is 11.3 Å².